The molecule has 3 N–H and O–H groups in total. The molecule has 1 aliphatic rings. The Morgan fingerprint density at radius 2 is 2.44 bits per heavy atom. The van der Waals surface area contributed by atoms with Crippen LogP contribution in [-0.4, -0.2) is 29.5 Å². The van der Waals surface area contributed by atoms with Gasteiger partial charge in [-0.3, -0.25) is 5.10 Å². The summed E-state index contributed by atoms with van der Waals surface area (Å²) in [7, 11) is 0. The Kier molecular flexibility index (Phi) is 2.18. The number of rotatable bonds is 2. The number of nitrogen functional groups attached to an aromatic ring is 1. The number of benzene rings is 1. The van der Waals surface area contributed by atoms with Crippen LogP contribution >= 0.6 is 0 Å². The van der Waals surface area contributed by atoms with Crippen molar-refractivity contribution in [1.82, 2.24) is 10.2 Å². The molecule has 0 spiro atoms. The minimum absolute atomic E-state index is 0.114. The molecule has 0 radical (unpaired) electrons. The molecule has 84 valence electrons. The number of H-pyrrole nitrogens is 1. The molecule has 5 nitrogen and oxygen atoms in total. The highest BCUT2D eigenvalue weighted by molar-refractivity contribution is 5.84. The van der Waals surface area contributed by atoms with Gasteiger partial charge in [0.2, 0.25) is 0 Å². The van der Waals surface area contributed by atoms with Crippen molar-refractivity contribution in [2.45, 2.75) is 12.5 Å². The zero-order valence-corrected chi connectivity index (χ0v) is 8.77. The van der Waals surface area contributed by atoms with Crippen molar-refractivity contribution in [1.29, 1.82) is 0 Å². The Balaban J connectivity index is 1.92. The summed E-state index contributed by atoms with van der Waals surface area (Å²) < 4.78 is 11.0. The minimum Gasteiger partial charge on any atom is -0.486 e. The van der Waals surface area contributed by atoms with Gasteiger partial charge in [-0.2, -0.15) is 5.10 Å². The summed E-state index contributed by atoms with van der Waals surface area (Å²) >= 11 is 0. The molecule has 1 unspecified atom stereocenters. The fourth-order valence-electron chi connectivity index (χ4n) is 1.88. The monoisotopic (exact) mass is 219 g/mol. The van der Waals surface area contributed by atoms with E-state index in [0.717, 1.165) is 23.9 Å². The minimum atomic E-state index is 0.114. The molecule has 0 amide bonds. The first-order valence-corrected chi connectivity index (χ1v) is 5.30. The summed E-state index contributed by atoms with van der Waals surface area (Å²) in [6, 6.07) is 3.75. The van der Waals surface area contributed by atoms with E-state index >= 15 is 0 Å². The van der Waals surface area contributed by atoms with E-state index < -0.39 is 0 Å². The predicted octanol–water partition coefficient (Wildman–Crippen LogP) is 1.31. The third-order valence-corrected chi connectivity index (χ3v) is 2.75. The van der Waals surface area contributed by atoms with E-state index in [1.54, 1.807) is 6.20 Å². The second-order valence-electron chi connectivity index (χ2n) is 3.95. The van der Waals surface area contributed by atoms with Crippen LogP contribution < -0.4 is 10.5 Å². The Labute approximate surface area is 92.5 Å². The first-order valence-electron chi connectivity index (χ1n) is 5.30. The third kappa shape index (κ3) is 1.59. The van der Waals surface area contributed by atoms with E-state index in [1.807, 2.05) is 12.1 Å². The molecule has 1 saturated heterocycles. The number of aromatic amines is 1. The molecule has 1 atom stereocenters. The number of fused-ring (bicyclic) bond motifs is 1. The molecule has 3 rings (SSSR count). The van der Waals surface area contributed by atoms with Gasteiger partial charge in [0.05, 0.1) is 30.6 Å². The first-order chi connectivity index (χ1) is 7.83. The van der Waals surface area contributed by atoms with Gasteiger partial charge >= 0.3 is 0 Å². The molecule has 2 heterocycles. The summed E-state index contributed by atoms with van der Waals surface area (Å²) in [4.78, 5) is 0. The van der Waals surface area contributed by atoms with E-state index in [-0.39, 0.29) is 6.10 Å². The molecule has 1 fully saturated rings. The molecule has 0 saturated carbocycles. The van der Waals surface area contributed by atoms with Gasteiger partial charge in [-0.25, -0.2) is 0 Å². The lowest BCUT2D eigenvalue weighted by molar-refractivity contribution is 0.142. The van der Waals surface area contributed by atoms with Crippen molar-refractivity contribution in [3.05, 3.63) is 18.3 Å². The molecule has 0 aliphatic carbocycles. The smallest absolute Gasteiger partial charge is 0.144 e. The SMILES string of the molecule is Nc1cc2cn[nH]c2cc1OC1CCOC1. The number of anilines is 1. The summed E-state index contributed by atoms with van der Waals surface area (Å²) in [6.07, 6.45) is 2.77. The molecular formula is C11H13N3O2. The highest BCUT2D eigenvalue weighted by Gasteiger charge is 2.18. The van der Waals surface area contributed by atoms with Gasteiger partial charge in [-0.05, 0) is 6.07 Å². The first kappa shape index (κ1) is 9.47. The number of nitrogens with zero attached hydrogens (tertiary/aromatic N) is 1. The van der Waals surface area contributed by atoms with E-state index in [0.29, 0.717) is 18.0 Å². The lowest BCUT2D eigenvalue weighted by Crippen LogP contribution is -2.16. The van der Waals surface area contributed by atoms with Crippen LogP contribution in [0.5, 0.6) is 5.75 Å². The van der Waals surface area contributed by atoms with Crippen molar-refractivity contribution < 1.29 is 9.47 Å². The van der Waals surface area contributed by atoms with Crippen LogP contribution in [0.25, 0.3) is 10.9 Å². The quantitative estimate of drug-likeness (QED) is 0.747. The predicted molar refractivity (Wildman–Crippen MR) is 60.4 cm³/mol. The van der Waals surface area contributed by atoms with Crippen LogP contribution in [0.1, 0.15) is 6.42 Å². The van der Waals surface area contributed by atoms with Crippen molar-refractivity contribution in [3.63, 3.8) is 0 Å². The summed E-state index contributed by atoms with van der Waals surface area (Å²) in [6.45, 7) is 1.40. The topological polar surface area (TPSA) is 73.2 Å². The van der Waals surface area contributed by atoms with E-state index in [2.05, 4.69) is 10.2 Å². The van der Waals surface area contributed by atoms with Crippen molar-refractivity contribution in [2.24, 2.45) is 0 Å². The summed E-state index contributed by atoms with van der Waals surface area (Å²) in [5.41, 5.74) is 7.49. The van der Waals surface area contributed by atoms with Gasteiger partial charge in [-0.1, -0.05) is 0 Å². The van der Waals surface area contributed by atoms with Gasteiger partial charge in [-0.15, -0.1) is 0 Å². The zero-order valence-electron chi connectivity index (χ0n) is 8.77. The van der Waals surface area contributed by atoms with Gasteiger partial charge in [0.25, 0.3) is 0 Å². The van der Waals surface area contributed by atoms with Crippen molar-refractivity contribution >= 4 is 16.6 Å². The van der Waals surface area contributed by atoms with Crippen LogP contribution in [0.2, 0.25) is 0 Å². The standard InChI is InChI=1S/C11H13N3O2/c12-9-3-7-5-13-14-10(7)4-11(9)16-8-1-2-15-6-8/h3-5,8H,1-2,6,12H2,(H,13,14). The number of nitrogens with one attached hydrogen (secondary N) is 1. The van der Waals surface area contributed by atoms with E-state index in [9.17, 15) is 0 Å². The van der Waals surface area contributed by atoms with Gasteiger partial charge < -0.3 is 15.2 Å². The molecule has 1 aromatic heterocycles. The molecule has 1 aliphatic heterocycles. The summed E-state index contributed by atoms with van der Waals surface area (Å²) in [5, 5.41) is 7.84. The van der Waals surface area contributed by atoms with Crippen LogP contribution in [0.4, 0.5) is 5.69 Å². The Morgan fingerprint density at radius 3 is 3.25 bits per heavy atom. The van der Waals surface area contributed by atoms with Crippen LogP contribution in [0.3, 0.4) is 0 Å². The second-order valence-corrected chi connectivity index (χ2v) is 3.95. The Hall–Kier alpha value is -1.75. The van der Waals surface area contributed by atoms with Gasteiger partial charge in [0.15, 0.2) is 0 Å². The van der Waals surface area contributed by atoms with E-state index in [1.165, 1.54) is 0 Å². The molecule has 1 aromatic carbocycles. The van der Waals surface area contributed by atoms with Crippen molar-refractivity contribution in [2.75, 3.05) is 18.9 Å². The van der Waals surface area contributed by atoms with Crippen LogP contribution in [0.15, 0.2) is 18.3 Å². The molecular weight excluding hydrogens is 206 g/mol. The molecule has 0 bridgehead atoms. The fraction of sp³-hybridized carbons (Fsp3) is 0.364. The summed E-state index contributed by atoms with van der Waals surface area (Å²) in [5.74, 6) is 0.701. The number of hydrogen-bond donors (Lipinski definition) is 2. The highest BCUT2D eigenvalue weighted by atomic mass is 16.5. The molecule has 16 heavy (non-hydrogen) atoms. The number of ether oxygens (including phenoxy) is 2. The second kappa shape index (κ2) is 3.68. The average molecular weight is 219 g/mol. The zero-order chi connectivity index (χ0) is 11.0. The highest BCUT2D eigenvalue weighted by Crippen LogP contribution is 2.28. The van der Waals surface area contributed by atoms with Crippen LogP contribution in [0, 0.1) is 0 Å². The fourth-order valence-corrected chi connectivity index (χ4v) is 1.88. The normalized spacial score (nSPS) is 20.4. The average Bonchev–Trinajstić information content (AvgIpc) is 2.89. The van der Waals surface area contributed by atoms with Crippen molar-refractivity contribution in [3.8, 4) is 5.75 Å². The van der Waals surface area contributed by atoms with Crippen LogP contribution in [-0.2, 0) is 4.74 Å². The Bertz CT molecular complexity index is 503. The number of hydrogen-bond acceptors (Lipinski definition) is 4. The maximum atomic E-state index is 5.92. The molecule has 2 aromatic rings. The third-order valence-electron chi connectivity index (χ3n) is 2.75. The maximum Gasteiger partial charge on any atom is 0.144 e. The van der Waals surface area contributed by atoms with Gasteiger partial charge in [0.1, 0.15) is 11.9 Å². The largest absolute Gasteiger partial charge is 0.486 e. The van der Waals surface area contributed by atoms with E-state index in [4.69, 9.17) is 15.2 Å². The number of aromatic nitrogens is 2. The lowest BCUT2D eigenvalue weighted by Gasteiger charge is -2.13. The maximum absolute atomic E-state index is 5.92. The van der Waals surface area contributed by atoms with Gasteiger partial charge in [0, 0.05) is 17.9 Å². The lowest BCUT2D eigenvalue weighted by atomic mass is 10.2. The molecule has 5 heteroatoms. The number of nitrogens with two attached hydrogens (primary N) is 1. The Morgan fingerprint density at radius 1 is 1.50 bits per heavy atom.